The lowest BCUT2D eigenvalue weighted by Crippen LogP contribution is -2.16. The van der Waals surface area contributed by atoms with Crippen molar-refractivity contribution in [3.8, 4) is 18.1 Å². The molecule has 2 atom stereocenters. The first-order chi connectivity index (χ1) is 8.17. The maximum Gasteiger partial charge on any atom is 0.119 e. The van der Waals surface area contributed by atoms with Gasteiger partial charge in [-0.2, -0.15) is 0 Å². The van der Waals surface area contributed by atoms with Crippen molar-refractivity contribution < 1.29 is 9.84 Å². The number of aliphatic hydroxyl groups is 1. The maximum absolute atomic E-state index is 10.0. The van der Waals surface area contributed by atoms with Crippen LogP contribution in [0, 0.1) is 12.3 Å². The quantitative estimate of drug-likeness (QED) is 0.834. The van der Waals surface area contributed by atoms with Crippen LogP contribution >= 0.6 is 11.6 Å². The summed E-state index contributed by atoms with van der Waals surface area (Å²) < 4.78 is 5.17. The summed E-state index contributed by atoms with van der Waals surface area (Å²) in [6, 6.07) is 5.69. The zero-order valence-corrected chi connectivity index (χ0v) is 10.2. The first-order valence-electron chi connectivity index (χ1n) is 5.34. The van der Waals surface area contributed by atoms with Crippen LogP contribution in [0.1, 0.15) is 23.5 Å². The molecule has 0 saturated heterocycles. The van der Waals surface area contributed by atoms with Crippen molar-refractivity contribution in [1.29, 1.82) is 0 Å². The number of hydrogen-bond acceptors (Lipinski definition) is 2. The standard InChI is InChI=1S/C14H13ClO2/c1-3-4-13(16)14-11-8-10(17-2)6-5-9(11)7-12(14)15/h1,5-8,13-14,16H,4H2,2H3. The molecule has 88 valence electrons. The van der Waals surface area contributed by atoms with E-state index in [9.17, 15) is 5.11 Å². The fraction of sp³-hybridized carbons (Fsp3) is 0.286. The normalized spacial score (nSPS) is 19.2. The van der Waals surface area contributed by atoms with E-state index in [0.29, 0.717) is 5.03 Å². The number of aliphatic hydroxyl groups excluding tert-OH is 1. The van der Waals surface area contributed by atoms with E-state index in [-0.39, 0.29) is 12.3 Å². The van der Waals surface area contributed by atoms with Gasteiger partial charge in [-0.15, -0.1) is 12.3 Å². The molecule has 1 aliphatic carbocycles. The van der Waals surface area contributed by atoms with Gasteiger partial charge in [-0.1, -0.05) is 17.7 Å². The number of hydrogen-bond donors (Lipinski definition) is 1. The summed E-state index contributed by atoms with van der Waals surface area (Å²) >= 11 is 6.16. The van der Waals surface area contributed by atoms with Crippen molar-refractivity contribution in [1.82, 2.24) is 0 Å². The summed E-state index contributed by atoms with van der Waals surface area (Å²) in [5.74, 6) is 2.97. The number of fused-ring (bicyclic) bond motifs is 1. The number of halogens is 1. The molecular weight excluding hydrogens is 236 g/mol. The molecule has 0 fully saturated rings. The largest absolute Gasteiger partial charge is 0.497 e. The highest BCUT2D eigenvalue weighted by molar-refractivity contribution is 6.33. The lowest BCUT2D eigenvalue weighted by Gasteiger charge is -2.18. The molecule has 0 heterocycles. The molecule has 1 N–H and O–H groups in total. The van der Waals surface area contributed by atoms with Crippen LogP contribution in [0.5, 0.6) is 5.75 Å². The van der Waals surface area contributed by atoms with Crippen LogP contribution < -0.4 is 4.74 Å². The lowest BCUT2D eigenvalue weighted by molar-refractivity contribution is 0.164. The van der Waals surface area contributed by atoms with E-state index in [4.69, 9.17) is 22.8 Å². The maximum atomic E-state index is 10.0. The molecule has 0 spiro atoms. The fourth-order valence-corrected chi connectivity index (χ4v) is 2.48. The fourth-order valence-electron chi connectivity index (χ4n) is 2.10. The van der Waals surface area contributed by atoms with Crippen LogP contribution in [0.2, 0.25) is 0 Å². The summed E-state index contributed by atoms with van der Waals surface area (Å²) in [7, 11) is 1.61. The highest BCUT2D eigenvalue weighted by atomic mass is 35.5. The summed E-state index contributed by atoms with van der Waals surface area (Å²) in [4.78, 5) is 0. The number of benzene rings is 1. The average molecular weight is 249 g/mol. The molecule has 0 aromatic heterocycles. The van der Waals surface area contributed by atoms with Crippen LogP contribution in [-0.4, -0.2) is 18.3 Å². The van der Waals surface area contributed by atoms with E-state index in [1.807, 2.05) is 24.3 Å². The van der Waals surface area contributed by atoms with E-state index in [0.717, 1.165) is 16.9 Å². The van der Waals surface area contributed by atoms with Crippen molar-refractivity contribution in [2.24, 2.45) is 0 Å². The van der Waals surface area contributed by atoms with Gasteiger partial charge in [-0.3, -0.25) is 0 Å². The van der Waals surface area contributed by atoms with Crippen molar-refractivity contribution in [3.05, 3.63) is 34.4 Å². The smallest absolute Gasteiger partial charge is 0.119 e. The molecule has 17 heavy (non-hydrogen) atoms. The Morgan fingerprint density at radius 2 is 2.35 bits per heavy atom. The van der Waals surface area contributed by atoms with Gasteiger partial charge in [0.2, 0.25) is 0 Å². The van der Waals surface area contributed by atoms with Gasteiger partial charge >= 0.3 is 0 Å². The molecular formula is C14H13ClO2. The molecule has 2 unspecified atom stereocenters. The van der Waals surface area contributed by atoms with Gasteiger partial charge in [0, 0.05) is 17.4 Å². The van der Waals surface area contributed by atoms with Crippen molar-refractivity contribution in [3.63, 3.8) is 0 Å². The number of ether oxygens (including phenoxy) is 1. The minimum atomic E-state index is -0.655. The topological polar surface area (TPSA) is 29.5 Å². The van der Waals surface area contributed by atoms with E-state index >= 15 is 0 Å². The summed E-state index contributed by atoms with van der Waals surface area (Å²) in [5, 5.41) is 10.6. The Bertz CT molecular complexity index is 499. The van der Waals surface area contributed by atoms with Gasteiger partial charge in [0.05, 0.1) is 13.2 Å². The Kier molecular flexibility index (Phi) is 3.42. The minimum absolute atomic E-state index is 0.238. The monoisotopic (exact) mass is 248 g/mol. The van der Waals surface area contributed by atoms with Gasteiger partial charge < -0.3 is 9.84 Å². The molecule has 0 bridgehead atoms. The zero-order valence-electron chi connectivity index (χ0n) is 9.48. The molecule has 1 aliphatic rings. The van der Waals surface area contributed by atoms with Crippen molar-refractivity contribution in [2.45, 2.75) is 18.4 Å². The summed E-state index contributed by atoms with van der Waals surface area (Å²) in [6.07, 6.45) is 6.71. The average Bonchev–Trinajstić information content (AvgIpc) is 2.64. The Hall–Kier alpha value is -1.43. The summed E-state index contributed by atoms with van der Waals surface area (Å²) in [6.45, 7) is 0. The second-order valence-electron chi connectivity index (χ2n) is 3.98. The van der Waals surface area contributed by atoms with E-state index < -0.39 is 6.10 Å². The molecule has 0 aliphatic heterocycles. The van der Waals surface area contributed by atoms with Gasteiger partial charge in [0.25, 0.3) is 0 Å². The third-order valence-corrected chi connectivity index (χ3v) is 3.28. The summed E-state index contributed by atoms with van der Waals surface area (Å²) in [5.41, 5.74) is 1.98. The highest BCUT2D eigenvalue weighted by Crippen LogP contribution is 2.42. The Labute approximate surface area is 106 Å². The second kappa shape index (κ2) is 4.83. The van der Waals surface area contributed by atoms with E-state index in [1.165, 1.54) is 0 Å². The number of rotatable bonds is 3. The third kappa shape index (κ3) is 2.17. The van der Waals surface area contributed by atoms with Gasteiger partial charge in [0.15, 0.2) is 0 Å². The molecule has 2 nitrogen and oxygen atoms in total. The molecule has 0 saturated carbocycles. The van der Waals surface area contributed by atoms with Crippen LogP contribution in [0.4, 0.5) is 0 Å². The number of terminal acetylenes is 1. The van der Waals surface area contributed by atoms with Crippen LogP contribution in [-0.2, 0) is 0 Å². The molecule has 3 heteroatoms. The first kappa shape index (κ1) is 12.0. The lowest BCUT2D eigenvalue weighted by atomic mass is 9.93. The van der Waals surface area contributed by atoms with Crippen LogP contribution in [0.25, 0.3) is 6.08 Å². The van der Waals surface area contributed by atoms with Crippen molar-refractivity contribution in [2.75, 3.05) is 7.11 Å². The third-order valence-electron chi connectivity index (χ3n) is 2.93. The first-order valence-corrected chi connectivity index (χ1v) is 5.71. The van der Waals surface area contributed by atoms with Crippen molar-refractivity contribution >= 4 is 17.7 Å². The van der Waals surface area contributed by atoms with Gasteiger partial charge in [-0.05, 0) is 29.3 Å². The predicted molar refractivity (Wildman–Crippen MR) is 69.0 cm³/mol. The van der Waals surface area contributed by atoms with Gasteiger partial charge in [-0.25, -0.2) is 0 Å². The Morgan fingerprint density at radius 1 is 1.59 bits per heavy atom. The zero-order chi connectivity index (χ0) is 12.4. The Balaban J connectivity index is 2.39. The molecule has 2 rings (SSSR count). The SMILES string of the molecule is C#CCC(O)C1C(Cl)=Cc2ccc(OC)cc21. The molecule has 0 radical (unpaired) electrons. The number of methoxy groups -OCH3 is 1. The van der Waals surface area contributed by atoms with Crippen LogP contribution in [0.3, 0.4) is 0 Å². The van der Waals surface area contributed by atoms with E-state index in [1.54, 1.807) is 7.11 Å². The molecule has 0 amide bonds. The molecule has 1 aromatic rings. The minimum Gasteiger partial charge on any atom is -0.497 e. The van der Waals surface area contributed by atoms with Gasteiger partial charge in [0.1, 0.15) is 5.75 Å². The highest BCUT2D eigenvalue weighted by Gasteiger charge is 2.30. The van der Waals surface area contributed by atoms with Crippen LogP contribution in [0.15, 0.2) is 23.2 Å². The second-order valence-corrected chi connectivity index (χ2v) is 4.41. The van der Waals surface area contributed by atoms with E-state index in [2.05, 4.69) is 5.92 Å². The Morgan fingerprint density at radius 3 is 3.00 bits per heavy atom. The predicted octanol–water partition coefficient (Wildman–Crippen LogP) is 2.76. The molecule has 1 aromatic carbocycles.